The number of imide groups is 1. The third-order valence-electron chi connectivity index (χ3n) is 6.26. The molecule has 1 saturated carbocycles. The van der Waals surface area contributed by atoms with Gasteiger partial charge >= 0.3 is 5.97 Å². The number of hydrogen-bond donors (Lipinski definition) is 1. The van der Waals surface area contributed by atoms with Crippen LogP contribution >= 0.6 is 0 Å². The van der Waals surface area contributed by atoms with E-state index in [4.69, 9.17) is 9.47 Å². The Morgan fingerprint density at radius 1 is 0.970 bits per heavy atom. The first kappa shape index (κ1) is 22.5. The van der Waals surface area contributed by atoms with Crippen molar-refractivity contribution < 1.29 is 28.7 Å². The average Bonchev–Trinajstić information content (AvgIpc) is 3.07. The third-order valence-corrected chi connectivity index (χ3v) is 6.26. The molecule has 1 aliphatic carbocycles. The molecule has 0 bridgehead atoms. The molecule has 1 heterocycles. The SMILES string of the molecule is COc1ccc(NC(=O)COC(=O)c2ccc(N3C(=O)[C@H]4C[C@H](C)CC[C@H]4C3=O)cc2)cc1. The minimum Gasteiger partial charge on any atom is -0.497 e. The Labute approximate surface area is 191 Å². The Morgan fingerprint density at radius 3 is 2.30 bits per heavy atom. The Hall–Kier alpha value is -3.68. The summed E-state index contributed by atoms with van der Waals surface area (Å²) in [7, 11) is 1.55. The topological polar surface area (TPSA) is 102 Å². The molecule has 2 aromatic rings. The lowest BCUT2D eigenvalue weighted by Gasteiger charge is -2.25. The number of esters is 1. The molecule has 2 aliphatic rings. The van der Waals surface area contributed by atoms with Crippen LogP contribution in [0.2, 0.25) is 0 Å². The first-order valence-electron chi connectivity index (χ1n) is 11.0. The van der Waals surface area contributed by atoms with Crippen molar-refractivity contribution in [2.45, 2.75) is 26.2 Å². The molecule has 3 amide bonds. The van der Waals surface area contributed by atoms with Crippen molar-refractivity contribution in [3.8, 4) is 5.75 Å². The van der Waals surface area contributed by atoms with Crippen molar-refractivity contribution in [1.29, 1.82) is 0 Å². The molecular weight excluding hydrogens is 424 g/mol. The summed E-state index contributed by atoms with van der Waals surface area (Å²) in [6.07, 6.45) is 2.41. The zero-order valence-electron chi connectivity index (χ0n) is 18.6. The van der Waals surface area contributed by atoms with Crippen molar-refractivity contribution in [3.63, 3.8) is 0 Å². The van der Waals surface area contributed by atoms with Crippen LogP contribution in [0.25, 0.3) is 0 Å². The summed E-state index contributed by atoms with van der Waals surface area (Å²) in [6, 6.07) is 12.9. The fourth-order valence-corrected chi connectivity index (χ4v) is 4.48. The van der Waals surface area contributed by atoms with Crippen molar-refractivity contribution in [2.75, 3.05) is 23.9 Å². The second-order valence-electron chi connectivity index (χ2n) is 8.54. The van der Waals surface area contributed by atoms with E-state index in [-0.39, 0.29) is 29.2 Å². The van der Waals surface area contributed by atoms with E-state index >= 15 is 0 Å². The van der Waals surface area contributed by atoms with E-state index in [1.165, 1.54) is 17.0 Å². The summed E-state index contributed by atoms with van der Waals surface area (Å²) in [6.45, 7) is 1.66. The van der Waals surface area contributed by atoms with Gasteiger partial charge in [0.05, 0.1) is 30.2 Å². The average molecular weight is 450 g/mol. The van der Waals surface area contributed by atoms with Crippen molar-refractivity contribution in [1.82, 2.24) is 0 Å². The van der Waals surface area contributed by atoms with Gasteiger partial charge in [-0.15, -0.1) is 0 Å². The van der Waals surface area contributed by atoms with Crippen LogP contribution in [0.15, 0.2) is 48.5 Å². The number of carbonyl (C=O) groups excluding carboxylic acids is 4. The quantitative estimate of drug-likeness (QED) is 0.535. The van der Waals surface area contributed by atoms with Crippen LogP contribution in [0.3, 0.4) is 0 Å². The first-order valence-corrected chi connectivity index (χ1v) is 11.0. The molecule has 4 rings (SSSR count). The number of anilines is 2. The first-order chi connectivity index (χ1) is 15.9. The van der Waals surface area contributed by atoms with E-state index in [2.05, 4.69) is 12.2 Å². The maximum atomic E-state index is 12.8. The van der Waals surface area contributed by atoms with Crippen molar-refractivity contribution in [2.24, 2.45) is 17.8 Å². The highest BCUT2D eigenvalue weighted by molar-refractivity contribution is 6.22. The fourth-order valence-electron chi connectivity index (χ4n) is 4.48. The van der Waals surface area contributed by atoms with Gasteiger partial charge in [-0.05, 0) is 73.7 Å². The number of ether oxygens (including phenoxy) is 2. The van der Waals surface area contributed by atoms with Gasteiger partial charge in [0.25, 0.3) is 5.91 Å². The maximum absolute atomic E-state index is 12.8. The normalized spacial score (nSPS) is 22.0. The van der Waals surface area contributed by atoms with Crippen LogP contribution in [0.5, 0.6) is 5.75 Å². The van der Waals surface area contributed by atoms with E-state index in [1.54, 1.807) is 43.5 Å². The summed E-state index contributed by atoms with van der Waals surface area (Å²) < 4.78 is 10.1. The lowest BCUT2D eigenvalue weighted by Crippen LogP contribution is -2.30. The van der Waals surface area contributed by atoms with Crippen LogP contribution in [0.1, 0.15) is 36.5 Å². The van der Waals surface area contributed by atoms with Gasteiger partial charge < -0.3 is 14.8 Å². The largest absolute Gasteiger partial charge is 0.497 e. The van der Waals surface area contributed by atoms with Gasteiger partial charge in [0.1, 0.15) is 5.75 Å². The fraction of sp³-hybridized carbons (Fsp3) is 0.360. The second-order valence-corrected chi connectivity index (χ2v) is 8.54. The van der Waals surface area contributed by atoms with E-state index < -0.39 is 18.5 Å². The minimum atomic E-state index is -0.673. The van der Waals surface area contributed by atoms with E-state index in [0.29, 0.717) is 23.0 Å². The molecule has 0 unspecified atom stereocenters. The molecule has 2 fully saturated rings. The van der Waals surface area contributed by atoms with Crippen LogP contribution in [0, 0.1) is 17.8 Å². The molecule has 8 nitrogen and oxygen atoms in total. The number of nitrogens with one attached hydrogen (secondary N) is 1. The molecule has 33 heavy (non-hydrogen) atoms. The summed E-state index contributed by atoms with van der Waals surface area (Å²) in [4.78, 5) is 51.3. The van der Waals surface area contributed by atoms with Gasteiger partial charge in [-0.2, -0.15) is 0 Å². The Balaban J connectivity index is 1.34. The number of fused-ring (bicyclic) bond motifs is 1. The Morgan fingerprint density at radius 2 is 1.64 bits per heavy atom. The predicted molar refractivity (Wildman–Crippen MR) is 121 cm³/mol. The van der Waals surface area contributed by atoms with Gasteiger partial charge in [0, 0.05) is 5.69 Å². The lowest BCUT2D eigenvalue weighted by molar-refractivity contribution is -0.122. The molecule has 3 atom stereocenters. The number of amides is 3. The number of carbonyl (C=O) groups is 4. The molecule has 0 spiro atoms. The summed E-state index contributed by atoms with van der Waals surface area (Å²) >= 11 is 0. The smallest absolute Gasteiger partial charge is 0.338 e. The molecule has 0 aromatic heterocycles. The molecule has 1 saturated heterocycles. The predicted octanol–water partition coefficient (Wildman–Crippen LogP) is 3.42. The summed E-state index contributed by atoms with van der Waals surface area (Å²) in [5.41, 5.74) is 1.22. The van der Waals surface area contributed by atoms with Crippen LogP contribution < -0.4 is 15.0 Å². The van der Waals surface area contributed by atoms with Crippen molar-refractivity contribution in [3.05, 3.63) is 54.1 Å². The lowest BCUT2D eigenvalue weighted by atomic mass is 9.76. The highest BCUT2D eigenvalue weighted by atomic mass is 16.5. The zero-order valence-corrected chi connectivity index (χ0v) is 18.6. The second kappa shape index (κ2) is 9.44. The number of benzene rings is 2. The van der Waals surface area contributed by atoms with Gasteiger partial charge in [0.15, 0.2) is 6.61 Å². The highest BCUT2D eigenvalue weighted by Crippen LogP contribution is 2.42. The molecule has 0 radical (unpaired) electrons. The molecule has 172 valence electrons. The summed E-state index contributed by atoms with van der Waals surface area (Å²) in [5, 5.41) is 2.63. The number of methoxy groups -OCH3 is 1. The van der Waals surface area contributed by atoms with Crippen molar-refractivity contribution >= 4 is 35.1 Å². The Bertz CT molecular complexity index is 1060. The van der Waals surface area contributed by atoms with Gasteiger partial charge in [-0.25, -0.2) is 4.79 Å². The standard InChI is InChI=1S/C25H26N2O6/c1-15-3-12-20-21(13-15)24(30)27(23(20)29)18-8-4-16(5-9-18)25(31)33-14-22(28)26-17-6-10-19(32-2)11-7-17/h4-11,15,20-21H,3,12-14H2,1-2H3,(H,26,28)/t15-,20-,21+/m1/s1. The molecule has 8 heteroatoms. The monoisotopic (exact) mass is 450 g/mol. The van der Waals surface area contributed by atoms with Crippen LogP contribution in [-0.2, 0) is 19.1 Å². The molecule has 1 aliphatic heterocycles. The van der Waals surface area contributed by atoms with Gasteiger partial charge in [0.2, 0.25) is 11.8 Å². The summed E-state index contributed by atoms with van der Waals surface area (Å²) in [5.74, 6) is -0.888. The van der Waals surface area contributed by atoms with E-state index in [0.717, 1.165) is 19.3 Å². The number of nitrogens with zero attached hydrogens (tertiary/aromatic N) is 1. The molecule has 2 aromatic carbocycles. The van der Waals surface area contributed by atoms with Crippen LogP contribution in [-0.4, -0.2) is 37.4 Å². The van der Waals surface area contributed by atoms with Gasteiger partial charge in [-0.3, -0.25) is 19.3 Å². The van der Waals surface area contributed by atoms with Gasteiger partial charge in [-0.1, -0.05) is 6.92 Å². The van der Waals surface area contributed by atoms with E-state index in [1.807, 2.05) is 0 Å². The molecular formula is C25H26N2O6. The van der Waals surface area contributed by atoms with E-state index in [9.17, 15) is 19.2 Å². The number of rotatable bonds is 6. The highest BCUT2D eigenvalue weighted by Gasteiger charge is 2.49. The minimum absolute atomic E-state index is 0.164. The Kier molecular flexibility index (Phi) is 6.44. The third kappa shape index (κ3) is 4.74. The maximum Gasteiger partial charge on any atom is 0.338 e. The number of hydrogen-bond acceptors (Lipinski definition) is 6. The van der Waals surface area contributed by atoms with Crippen LogP contribution in [0.4, 0.5) is 11.4 Å². The zero-order chi connectivity index (χ0) is 23.5. The molecule has 1 N–H and O–H groups in total.